The fourth-order valence-corrected chi connectivity index (χ4v) is 0.753. The van der Waals surface area contributed by atoms with Gasteiger partial charge in [-0.05, 0) is 13.8 Å². The molecule has 0 fully saturated rings. The molecule has 0 saturated carbocycles. The van der Waals surface area contributed by atoms with Crippen LogP contribution in [0, 0.1) is 0 Å². The number of hydrogen-bond acceptors (Lipinski definition) is 4. The first-order valence-corrected chi connectivity index (χ1v) is 3.92. The molecule has 0 saturated heterocycles. The van der Waals surface area contributed by atoms with Crippen molar-refractivity contribution >= 4 is 11.8 Å². The number of carbonyl (C=O) groups is 2. The molecule has 1 atom stereocenters. The van der Waals surface area contributed by atoms with Crippen LogP contribution >= 0.6 is 0 Å². The van der Waals surface area contributed by atoms with Crippen LogP contribution in [0.4, 0.5) is 0 Å². The van der Waals surface area contributed by atoms with Gasteiger partial charge in [0.05, 0.1) is 7.11 Å². The molecular weight excluding hydrogens is 172 g/mol. The van der Waals surface area contributed by atoms with Gasteiger partial charge >= 0.3 is 5.97 Å². The Labute approximate surface area is 77.2 Å². The molecule has 0 aliphatic rings. The van der Waals surface area contributed by atoms with Crippen molar-refractivity contribution in [3.8, 4) is 0 Å². The maximum Gasteiger partial charge on any atom is 0.377 e. The number of aliphatic hydroxyl groups is 1. The molecule has 0 bridgehead atoms. The van der Waals surface area contributed by atoms with E-state index in [0.29, 0.717) is 0 Å². The lowest BCUT2D eigenvalue weighted by Gasteiger charge is -2.17. The molecule has 0 radical (unpaired) electrons. The van der Waals surface area contributed by atoms with E-state index in [-0.39, 0.29) is 6.42 Å². The van der Waals surface area contributed by atoms with Gasteiger partial charge in [-0.1, -0.05) is 12.2 Å². The van der Waals surface area contributed by atoms with E-state index in [1.807, 2.05) is 0 Å². The largest absolute Gasteiger partial charge is 0.463 e. The lowest BCUT2D eigenvalue weighted by atomic mass is 9.96. The van der Waals surface area contributed by atoms with Crippen LogP contribution in [0.2, 0.25) is 0 Å². The standard InChI is InChI=1S/C9H14O4/c1-4-5-6-9(2,12)7(10)8(11)13-3/h4-5,12H,6H2,1-3H3/b5-4+/t9-/m0/s1. The maximum atomic E-state index is 11.1. The second-order valence-electron chi connectivity index (χ2n) is 2.87. The van der Waals surface area contributed by atoms with Gasteiger partial charge in [-0.2, -0.15) is 0 Å². The Hall–Kier alpha value is -1.16. The Morgan fingerprint density at radius 3 is 2.46 bits per heavy atom. The lowest BCUT2D eigenvalue weighted by molar-refractivity contribution is -0.159. The Balaban J connectivity index is 4.44. The second-order valence-corrected chi connectivity index (χ2v) is 2.87. The van der Waals surface area contributed by atoms with Crippen LogP contribution < -0.4 is 0 Å². The number of esters is 1. The van der Waals surface area contributed by atoms with Crippen molar-refractivity contribution in [2.45, 2.75) is 25.9 Å². The van der Waals surface area contributed by atoms with Gasteiger partial charge < -0.3 is 9.84 Å². The summed E-state index contributed by atoms with van der Waals surface area (Å²) in [6, 6.07) is 0. The Bertz CT molecular complexity index is 228. The number of Topliss-reactive ketones (excluding diaryl/α,β-unsaturated/α-hetero) is 1. The van der Waals surface area contributed by atoms with E-state index in [1.165, 1.54) is 6.92 Å². The highest BCUT2D eigenvalue weighted by Gasteiger charge is 2.34. The van der Waals surface area contributed by atoms with E-state index in [0.717, 1.165) is 7.11 Å². The van der Waals surface area contributed by atoms with Crippen LogP contribution in [0.1, 0.15) is 20.3 Å². The second kappa shape index (κ2) is 4.77. The van der Waals surface area contributed by atoms with Gasteiger partial charge in [0.25, 0.3) is 5.78 Å². The zero-order chi connectivity index (χ0) is 10.5. The molecule has 0 aliphatic carbocycles. The topological polar surface area (TPSA) is 63.6 Å². The third kappa shape index (κ3) is 3.38. The van der Waals surface area contributed by atoms with Gasteiger partial charge in [0.2, 0.25) is 0 Å². The predicted molar refractivity (Wildman–Crippen MR) is 47.1 cm³/mol. The summed E-state index contributed by atoms with van der Waals surface area (Å²) in [5.74, 6) is -1.94. The number of hydrogen-bond donors (Lipinski definition) is 1. The molecule has 74 valence electrons. The average molecular weight is 186 g/mol. The highest BCUT2D eigenvalue weighted by molar-refractivity contribution is 6.36. The first-order chi connectivity index (χ1) is 5.95. The van der Waals surface area contributed by atoms with Crippen LogP contribution in [0.5, 0.6) is 0 Å². The zero-order valence-corrected chi connectivity index (χ0v) is 8.03. The van der Waals surface area contributed by atoms with Crippen molar-refractivity contribution in [2.75, 3.05) is 7.11 Å². The summed E-state index contributed by atoms with van der Waals surface area (Å²) in [5.41, 5.74) is -1.67. The van der Waals surface area contributed by atoms with Crippen molar-refractivity contribution in [3.05, 3.63) is 12.2 Å². The first-order valence-electron chi connectivity index (χ1n) is 3.92. The van der Waals surface area contributed by atoms with Gasteiger partial charge in [-0.3, -0.25) is 4.79 Å². The van der Waals surface area contributed by atoms with Gasteiger partial charge in [0, 0.05) is 6.42 Å². The molecule has 0 aromatic heterocycles. The molecule has 0 spiro atoms. The van der Waals surface area contributed by atoms with E-state index < -0.39 is 17.4 Å². The van der Waals surface area contributed by atoms with Crippen LogP contribution in [-0.4, -0.2) is 29.6 Å². The molecule has 13 heavy (non-hydrogen) atoms. The Morgan fingerprint density at radius 1 is 1.54 bits per heavy atom. The summed E-state index contributed by atoms with van der Waals surface area (Å²) < 4.78 is 4.21. The van der Waals surface area contributed by atoms with Crippen molar-refractivity contribution in [1.82, 2.24) is 0 Å². The average Bonchev–Trinajstić information content (AvgIpc) is 2.12. The summed E-state index contributed by atoms with van der Waals surface area (Å²) >= 11 is 0. The molecule has 4 nitrogen and oxygen atoms in total. The highest BCUT2D eigenvalue weighted by Crippen LogP contribution is 2.12. The van der Waals surface area contributed by atoms with Crippen LogP contribution in [0.3, 0.4) is 0 Å². The zero-order valence-electron chi connectivity index (χ0n) is 8.03. The summed E-state index contributed by atoms with van der Waals surface area (Å²) in [4.78, 5) is 21.9. The van der Waals surface area contributed by atoms with Gasteiger partial charge in [0.1, 0.15) is 5.60 Å². The normalized spacial score (nSPS) is 15.4. The molecule has 0 aromatic carbocycles. The maximum absolute atomic E-state index is 11.1. The van der Waals surface area contributed by atoms with Crippen LogP contribution in [0.25, 0.3) is 0 Å². The summed E-state index contributed by atoms with van der Waals surface area (Å²) in [5, 5.41) is 9.51. The molecule has 0 unspecified atom stereocenters. The van der Waals surface area contributed by atoms with E-state index in [2.05, 4.69) is 4.74 Å². The molecule has 0 aromatic rings. The molecular formula is C9H14O4. The monoisotopic (exact) mass is 186 g/mol. The van der Waals surface area contributed by atoms with Gasteiger partial charge in [-0.25, -0.2) is 4.79 Å². The van der Waals surface area contributed by atoms with Crippen LogP contribution in [-0.2, 0) is 14.3 Å². The van der Waals surface area contributed by atoms with Crippen molar-refractivity contribution in [1.29, 1.82) is 0 Å². The third-order valence-electron chi connectivity index (χ3n) is 1.61. The minimum absolute atomic E-state index is 0.109. The van der Waals surface area contributed by atoms with Crippen LogP contribution in [0.15, 0.2) is 12.2 Å². The van der Waals surface area contributed by atoms with E-state index in [1.54, 1.807) is 19.1 Å². The third-order valence-corrected chi connectivity index (χ3v) is 1.61. The summed E-state index contributed by atoms with van der Waals surface area (Å²) in [6.07, 6.45) is 3.41. The fraction of sp³-hybridized carbons (Fsp3) is 0.556. The van der Waals surface area contributed by atoms with Crippen molar-refractivity contribution in [3.63, 3.8) is 0 Å². The summed E-state index contributed by atoms with van der Waals surface area (Å²) in [7, 11) is 1.10. The first kappa shape index (κ1) is 11.8. The number of carbonyl (C=O) groups excluding carboxylic acids is 2. The number of methoxy groups -OCH3 is 1. The molecule has 0 amide bonds. The Morgan fingerprint density at radius 2 is 2.08 bits per heavy atom. The minimum atomic E-state index is -1.67. The van der Waals surface area contributed by atoms with E-state index in [4.69, 9.17) is 0 Å². The Kier molecular flexibility index (Phi) is 4.34. The van der Waals surface area contributed by atoms with Crippen molar-refractivity contribution in [2.24, 2.45) is 0 Å². The number of allylic oxidation sites excluding steroid dienone is 1. The van der Waals surface area contributed by atoms with Gasteiger partial charge in [-0.15, -0.1) is 0 Å². The molecule has 4 heteroatoms. The summed E-state index contributed by atoms with van der Waals surface area (Å²) in [6.45, 7) is 3.05. The minimum Gasteiger partial charge on any atom is -0.463 e. The molecule has 0 heterocycles. The van der Waals surface area contributed by atoms with E-state index in [9.17, 15) is 14.7 Å². The SMILES string of the molecule is C/C=C/C[C@](C)(O)C(=O)C(=O)OC. The smallest absolute Gasteiger partial charge is 0.377 e. The molecule has 1 N–H and O–H groups in total. The number of ketones is 1. The quantitative estimate of drug-likeness (QED) is 0.393. The molecule has 0 rings (SSSR count). The fourth-order valence-electron chi connectivity index (χ4n) is 0.753. The van der Waals surface area contributed by atoms with E-state index >= 15 is 0 Å². The predicted octanol–water partition coefficient (Wildman–Crippen LogP) is 0.446. The molecule has 0 aliphatic heterocycles. The number of ether oxygens (including phenoxy) is 1. The van der Waals surface area contributed by atoms with Gasteiger partial charge in [0.15, 0.2) is 0 Å². The number of rotatable bonds is 4. The van der Waals surface area contributed by atoms with Crippen molar-refractivity contribution < 1.29 is 19.4 Å². The lowest BCUT2D eigenvalue weighted by Crippen LogP contribution is -2.40. The highest BCUT2D eigenvalue weighted by atomic mass is 16.5.